The standard InChI is InChI=1S/C20H21N3O3/c1-13(26-18-3-2-4-18)9-14-10-16-12-22-23(19(16)21-11-14)17-7-5-15(6-8-17)20(24)25/h5-8,10-13,18H,2-4,9H2,1H3,(H,24,25)/t13-/m1/s1. The summed E-state index contributed by atoms with van der Waals surface area (Å²) in [5.41, 5.74) is 2.92. The van der Waals surface area contributed by atoms with Gasteiger partial charge in [-0.15, -0.1) is 0 Å². The van der Waals surface area contributed by atoms with Crippen LogP contribution in [0.1, 0.15) is 42.1 Å². The molecule has 1 fully saturated rings. The van der Waals surface area contributed by atoms with Crippen molar-refractivity contribution in [2.75, 3.05) is 0 Å². The van der Waals surface area contributed by atoms with Crippen LogP contribution in [0.2, 0.25) is 0 Å². The van der Waals surface area contributed by atoms with Gasteiger partial charge in [-0.1, -0.05) is 0 Å². The average molecular weight is 351 g/mol. The number of carboxylic acid groups (broad SMARTS) is 1. The van der Waals surface area contributed by atoms with Gasteiger partial charge in [-0.2, -0.15) is 5.10 Å². The molecule has 1 atom stereocenters. The Morgan fingerprint density at radius 3 is 2.73 bits per heavy atom. The number of carbonyl (C=O) groups is 1. The fourth-order valence-corrected chi connectivity index (χ4v) is 3.23. The van der Waals surface area contributed by atoms with Crippen molar-refractivity contribution in [2.24, 2.45) is 0 Å². The highest BCUT2D eigenvalue weighted by Crippen LogP contribution is 2.25. The first-order chi connectivity index (χ1) is 12.6. The Bertz CT molecular complexity index is 929. The second-order valence-corrected chi connectivity index (χ2v) is 6.87. The number of benzene rings is 1. The minimum Gasteiger partial charge on any atom is -0.478 e. The summed E-state index contributed by atoms with van der Waals surface area (Å²) in [5, 5.41) is 14.4. The van der Waals surface area contributed by atoms with E-state index >= 15 is 0 Å². The van der Waals surface area contributed by atoms with Crippen LogP contribution in [0, 0.1) is 0 Å². The summed E-state index contributed by atoms with van der Waals surface area (Å²) in [7, 11) is 0. The third kappa shape index (κ3) is 3.32. The van der Waals surface area contributed by atoms with Crippen molar-refractivity contribution in [3.05, 3.63) is 53.9 Å². The third-order valence-electron chi connectivity index (χ3n) is 4.82. The molecule has 1 aliphatic rings. The highest BCUT2D eigenvalue weighted by atomic mass is 16.5. The van der Waals surface area contributed by atoms with Gasteiger partial charge in [-0.25, -0.2) is 14.5 Å². The summed E-state index contributed by atoms with van der Waals surface area (Å²) in [6, 6.07) is 8.70. The quantitative estimate of drug-likeness (QED) is 0.734. The Morgan fingerprint density at radius 2 is 2.08 bits per heavy atom. The number of fused-ring (bicyclic) bond motifs is 1. The monoisotopic (exact) mass is 351 g/mol. The minimum absolute atomic E-state index is 0.179. The van der Waals surface area contributed by atoms with Crippen molar-refractivity contribution < 1.29 is 14.6 Å². The molecule has 0 aliphatic heterocycles. The van der Waals surface area contributed by atoms with E-state index in [1.165, 1.54) is 19.3 Å². The molecule has 1 aromatic carbocycles. The lowest BCUT2D eigenvalue weighted by Crippen LogP contribution is -2.27. The number of aromatic nitrogens is 3. The number of hydrogen-bond donors (Lipinski definition) is 1. The molecule has 1 N–H and O–H groups in total. The summed E-state index contributed by atoms with van der Waals surface area (Å²) < 4.78 is 7.73. The summed E-state index contributed by atoms with van der Waals surface area (Å²) in [5.74, 6) is -0.942. The van der Waals surface area contributed by atoms with Crippen LogP contribution < -0.4 is 0 Å². The maximum Gasteiger partial charge on any atom is 0.335 e. The van der Waals surface area contributed by atoms with Gasteiger partial charge in [-0.05, 0) is 68.5 Å². The van der Waals surface area contributed by atoms with Gasteiger partial charge >= 0.3 is 5.97 Å². The lowest BCUT2D eigenvalue weighted by molar-refractivity contribution is -0.0423. The van der Waals surface area contributed by atoms with Gasteiger partial charge in [0.2, 0.25) is 0 Å². The fourth-order valence-electron chi connectivity index (χ4n) is 3.23. The van der Waals surface area contributed by atoms with Crippen molar-refractivity contribution >= 4 is 17.0 Å². The number of carboxylic acids is 1. The van der Waals surface area contributed by atoms with E-state index in [1.807, 2.05) is 6.20 Å². The predicted octanol–water partition coefficient (Wildman–Crippen LogP) is 3.62. The smallest absolute Gasteiger partial charge is 0.335 e. The predicted molar refractivity (Wildman–Crippen MR) is 97.7 cm³/mol. The molecule has 0 amide bonds. The number of pyridine rings is 1. The number of nitrogens with zero attached hydrogens (tertiary/aromatic N) is 3. The van der Waals surface area contributed by atoms with E-state index in [4.69, 9.17) is 9.84 Å². The second kappa shape index (κ2) is 6.88. The molecule has 0 spiro atoms. The maximum atomic E-state index is 11.0. The maximum absolute atomic E-state index is 11.0. The van der Waals surface area contributed by atoms with Crippen LogP contribution in [0.4, 0.5) is 0 Å². The number of ether oxygens (including phenoxy) is 1. The van der Waals surface area contributed by atoms with Gasteiger partial charge < -0.3 is 9.84 Å². The molecule has 2 heterocycles. The lowest BCUT2D eigenvalue weighted by Gasteiger charge is -2.29. The molecule has 0 radical (unpaired) electrons. The van der Waals surface area contributed by atoms with E-state index in [0.29, 0.717) is 6.10 Å². The van der Waals surface area contributed by atoms with Gasteiger partial charge in [0.15, 0.2) is 5.65 Å². The van der Waals surface area contributed by atoms with Crippen LogP contribution >= 0.6 is 0 Å². The molecule has 6 nitrogen and oxygen atoms in total. The van der Waals surface area contributed by atoms with Crippen LogP contribution in [-0.2, 0) is 11.2 Å². The molecule has 1 saturated carbocycles. The average Bonchev–Trinajstić information content (AvgIpc) is 3.01. The normalized spacial score (nSPS) is 15.7. The Balaban J connectivity index is 1.54. The molecule has 6 heteroatoms. The molecule has 1 aliphatic carbocycles. The highest BCUT2D eigenvalue weighted by molar-refractivity contribution is 5.87. The van der Waals surface area contributed by atoms with Crippen LogP contribution in [0.25, 0.3) is 16.7 Å². The fraction of sp³-hybridized carbons (Fsp3) is 0.350. The first-order valence-electron chi connectivity index (χ1n) is 8.92. The van der Waals surface area contributed by atoms with E-state index in [1.54, 1.807) is 35.1 Å². The van der Waals surface area contributed by atoms with Gasteiger partial charge in [0.25, 0.3) is 0 Å². The van der Waals surface area contributed by atoms with Gasteiger partial charge in [0, 0.05) is 11.6 Å². The van der Waals surface area contributed by atoms with Crippen molar-refractivity contribution in [3.8, 4) is 5.69 Å². The van der Waals surface area contributed by atoms with E-state index in [2.05, 4.69) is 23.1 Å². The van der Waals surface area contributed by atoms with Gasteiger partial charge in [0.05, 0.1) is 29.7 Å². The van der Waals surface area contributed by atoms with E-state index in [0.717, 1.165) is 28.7 Å². The zero-order chi connectivity index (χ0) is 18.1. The highest BCUT2D eigenvalue weighted by Gasteiger charge is 2.20. The zero-order valence-electron chi connectivity index (χ0n) is 14.6. The van der Waals surface area contributed by atoms with Crippen molar-refractivity contribution in [1.82, 2.24) is 14.8 Å². The molecule has 2 aromatic heterocycles. The molecule has 3 aromatic rings. The first-order valence-corrected chi connectivity index (χ1v) is 8.92. The van der Waals surface area contributed by atoms with E-state index < -0.39 is 5.97 Å². The summed E-state index contributed by atoms with van der Waals surface area (Å²) in [6.07, 6.45) is 8.72. The molecule has 0 unspecified atom stereocenters. The largest absolute Gasteiger partial charge is 0.478 e. The van der Waals surface area contributed by atoms with Crippen molar-refractivity contribution in [2.45, 2.75) is 44.8 Å². The Labute approximate surface area is 151 Å². The Morgan fingerprint density at radius 1 is 1.31 bits per heavy atom. The minimum atomic E-state index is -0.942. The molecule has 0 saturated heterocycles. The number of hydrogen-bond acceptors (Lipinski definition) is 4. The SMILES string of the molecule is C[C@H](Cc1cnc2c(cnn2-c2ccc(C(=O)O)cc2)c1)OC1CCC1. The molecule has 134 valence electrons. The Hall–Kier alpha value is -2.73. The Kier molecular flexibility index (Phi) is 4.42. The van der Waals surface area contributed by atoms with Gasteiger partial charge in [0.1, 0.15) is 0 Å². The van der Waals surface area contributed by atoms with Crippen LogP contribution in [0.15, 0.2) is 42.7 Å². The molecular formula is C20H21N3O3. The van der Waals surface area contributed by atoms with E-state index in [9.17, 15) is 4.79 Å². The summed E-state index contributed by atoms with van der Waals surface area (Å²) in [6.45, 7) is 2.11. The lowest BCUT2D eigenvalue weighted by atomic mass is 9.96. The topological polar surface area (TPSA) is 77.2 Å². The molecule has 26 heavy (non-hydrogen) atoms. The third-order valence-corrected chi connectivity index (χ3v) is 4.82. The molecular weight excluding hydrogens is 330 g/mol. The van der Waals surface area contributed by atoms with Crippen LogP contribution in [0.3, 0.4) is 0 Å². The summed E-state index contributed by atoms with van der Waals surface area (Å²) >= 11 is 0. The second-order valence-electron chi connectivity index (χ2n) is 6.87. The zero-order valence-corrected chi connectivity index (χ0v) is 14.6. The van der Waals surface area contributed by atoms with Crippen molar-refractivity contribution in [3.63, 3.8) is 0 Å². The number of aromatic carboxylic acids is 1. The van der Waals surface area contributed by atoms with Crippen molar-refractivity contribution in [1.29, 1.82) is 0 Å². The number of rotatable bonds is 6. The van der Waals surface area contributed by atoms with Crippen LogP contribution in [-0.4, -0.2) is 38.0 Å². The van der Waals surface area contributed by atoms with Gasteiger partial charge in [-0.3, -0.25) is 0 Å². The first kappa shape index (κ1) is 16.7. The van der Waals surface area contributed by atoms with E-state index in [-0.39, 0.29) is 11.7 Å². The molecule has 0 bridgehead atoms. The summed E-state index contributed by atoms with van der Waals surface area (Å²) in [4.78, 5) is 15.6. The van der Waals surface area contributed by atoms with Crippen LogP contribution in [0.5, 0.6) is 0 Å². The molecule has 4 rings (SSSR count).